The van der Waals surface area contributed by atoms with E-state index in [9.17, 15) is 9.50 Å². The van der Waals surface area contributed by atoms with Crippen molar-refractivity contribution >= 4 is 0 Å². The van der Waals surface area contributed by atoms with Crippen LogP contribution in [0.3, 0.4) is 0 Å². The van der Waals surface area contributed by atoms with E-state index < -0.39 is 6.10 Å². The average molecular weight is 383 g/mol. The Labute approximate surface area is 165 Å². The van der Waals surface area contributed by atoms with E-state index in [0.29, 0.717) is 26.2 Å². The predicted octanol–water partition coefficient (Wildman–Crippen LogP) is 4.31. The number of halogens is 1. The summed E-state index contributed by atoms with van der Waals surface area (Å²) in [5.74, 6) is 0.482. The van der Waals surface area contributed by atoms with Crippen LogP contribution < -0.4 is 0 Å². The number of aliphatic hydroxyl groups excluding tert-OH is 1. The number of aliphatic hydroxyl groups is 1. The summed E-state index contributed by atoms with van der Waals surface area (Å²) in [6.07, 6.45) is 0.960. The Morgan fingerprint density at radius 2 is 1.82 bits per heavy atom. The Hall–Kier alpha value is -2.47. The molecule has 3 aromatic rings. The lowest BCUT2D eigenvalue weighted by atomic mass is 10.1. The number of nitrogens with zero attached hydrogens (tertiary/aromatic N) is 1. The van der Waals surface area contributed by atoms with Crippen LogP contribution in [0.4, 0.5) is 4.39 Å². The molecule has 0 saturated carbocycles. The van der Waals surface area contributed by atoms with Gasteiger partial charge in [-0.3, -0.25) is 4.90 Å². The van der Waals surface area contributed by atoms with Gasteiger partial charge in [0.1, 0.15) is 18.2 Å². The molecule has 3 rings (SSSR count). The minimum atomic E-state index is -0.639. The summed E-state index contributed by atoms with van der Waals surface area (Å²) in [6.45, 7) is 4.38. The molecule has 2 aromatic carbocycles. The van der Waals surface area contributed by atoms with Gasteiger partial charge in [-0.1, -0.05) is 36.4 Å². The van der Waals surface area contributed by atoms with Crippen LogP contribution in [-0.2, 0) is 24.4 Å². The third-order valence-electron chi connectivity index (χ3n) is 4.58. The molecule has 28 heavy (non-hydrogen) atoms. The van der Waals surface area contributed by atoms with E-state index in [4.69, 9.17) is 9.15 Å². The molecule has 1 heterocycles. The minimum absolute atomic E-state index is 0.217. The highest BCUT2D eigenvalue weighted by Gasteiger charge is 2.15. The number of hydrogen-bond donors (Lipinski definition) is 1. The van der Waals surface area contributed by atoms with Crippen molar-refractivity contribution in [2.45, 2.75) is 32.7 Å². The largest absolute Gasteiger partial charge is 0.467 e. The minimum Gasteiger partial charge on any atom is -0.467 e. The first-order valence-electron chi connectivity index (χ1n) is 9.39. The monoisotopic (exact) mass is 383 g/mol. The van der Waals surface area contributed by atoms with Gasteiger partial charge < -0.3 is 14.3 Å². The van der Waals surface area contributed by atoms with Crippen molar-refractivity contribution in [3.8, 4) is 0 Å². The lowest BCUT2D eigenvalue weighted by Gasteiger charge is -2.26. The van der Waals surface area contributed by atoms with Gasteiger partial charge in [0.05, 0.1) is 19.0 Å². The zero-order chi connectivity index (χ0) is 19.8. The van der Waals surface area contributed by atoms with Gasteiger partial charge in [-0.25, -0.2) is 4.39 Å². The van der Waals surface area contributed by atoms with Gasteiger partial charge in [0.15, 0.2) is 0 Å². The van der Waals surface area contributed by atoms with Crippen LogP contribution in [0.15, 0.2) is 71.3 Å². The quantitative estimate of drug-likeness (QED) is 0.567. The molecule has 0 aliphatic heterocycles. The van der Waals surface area contributed by atoms with E-state index in [1.165, 1.54) is 23.3 Å². The Morgan fingerprint density at radius 3 is 2.54 bits per heavy atom. The van der Waals surface area contributed by atoms with Crippen LogP contribution in [0, 0.1) is 12.7 Å². The van der Waals surface area contributed by atoms with Crippen LogP contribution in [-0.4, -0.2) is 29.3 Å². The molecule has 4 nitrogen and oxygen atoms in total. The van der Waals surface area contributed by atoms with E-state index in [0.717, 1.165) is 11.3 Å². The van der Waals surface area contributed by atoms with Gasteiger partial charge in [0, 0.05) is 19.6 Å². The third-order valence-corrected chi connectivity index (χ3v) is 4.58. The van der Waals surface area contributed by atoms with E-state index in [1.807, 2.05) is 24.3 Å². The third kappa shape index (κ3) is 6.30. The van der Waals surface area contributed by atoms with Crippen molar-refractivity contribution in [3.05, 3.63) is 95.2 Å². The molecule has 148 valence electrons. The SMILES string of the molecule is Cc1ccccc1CN(Cc1ccc(F)cc1)CC(O)COCc1ccco1. The second kappa shape index (κ2) is 10.2. The Morgan fingerprint density at radius 1 is 1.04 bits per heavy atom. The van der Waals surface area contributed by atoms with Gasteiger partial charge in [-0.15, -0.1) is 0 Å². The van der Waals surface area contributed by atoms with Crippen LogP contribution in [0.2, 0.25) is 0 Å². The highest BCUT2D eigenvalue weighted by atomic mass is 19.1. The first-order valence-corrected chi connectivity index (χ1v) is 9.39. The summed E-state index contributed by atoms with van der Waals surface area (Å²) in [5, 5.41) is 10.5. The van der Waals surface area contributed by atoms with Gasteiger partial charge >= 0.3 is 0 Å². The van der Waals surface area contributed by atoms with Crippen LogP contribution >= 0.6 is 0 Å². The van der Waals surface area contributed by atoms with E-state index in [2.05, 4.69) is 24.0 Å². The summed E-state index contributed by atoms with van der Waals surface area (Å²) in [6, 6.07) is 18.3. The molecule has 0 spiro atoms. The maximum atomic E-state index is 13.2. The second-order valence-electron chi connectivity index (χ2n) is 6.97. The fourth-order valence-electron chi connectivity index (χ4n) is 3.10. The topological polar surface area (TPSA) is 45.8 Å². The Kier molecular flexibility index (Phi) is 7.37. The number of rotatable bonds is 10. The van der Waals surface area contributed by atoms with Gasteiger partial charge in [-0.05, 0) is 47.9 Å². The molecule has 1 aromatic heterocycles. The molecule has 1 N–H and O–H groups in total. The molecule has 0 amide bonds. The van der Waals surface area contributed by atoms with Crippen LogP contribution in [0.1, 0.15) is 22.5 Å². The molecular formula is C23H26FNO3. The lowest BCUT2D eigenvalue weighted by molar-refractivity contribution is 0.00250. The maximum absolute atomic E-state index is 13.2. The first-order chi connectivity index (χ1) is 13.6. The zero-order valence-electron chi connectivity index (χ0n) is 16.1. The van der Waals surface area contributed by atoms with Crippen molar-refractivity contribution < 1.29 is 18.7 Å². The Balaban J connectivity index is 1.60. The number of furan rings is 1. The fourth-order valence-corrected chi connectivity index (χ4v) is 3.10. The standard InChI is InChI=1S/C23H26FNO3/c1-18-5-2-3-6-20(18)14-25(13-19-8-10-21(24)11-9-19)15-22(26)16-27-17-23-7-4-12-28-23/h2-12,22,26H,13-17H2,1H3. The van der Waals surface area contributed by atoms with Gasteiger partial charge in [0.2, 0.25) is 0 Å². The first kappa shape index (κ1) is 20.3. The number of ether oxygens (including phenoxy) is 1. The second-order valence-corrected chi connectivity index (χ2v) is 6.97. The summed E-state index contributed by atoms with van der Waals surface area (Å²) < 4.78 is 24.0. The summed E-state index contributed by atoms with van der Waals surface area (Å²) >= 11 is 0. The summed E-state index contributed by atoms with van der Waals surface area (Å²) in [5.41, 5.74) is 3.40. The number of hydrogen-bond acceptors (Lipinski definition) is 4. The predicted molar refractivity (Wildman–Crippen MR) is 106 cm³/mol. The van der Waals surface area contributed by atoms with E-state index >= 15 is 0 Å². The highest BCUT2D eigenvalue weighted by Crippen LogP contribution is 2.15. The molecule has 1 unspecified atom stereocenters. The van der Waals surface area contributed by atoms with Crippen LogP contribution in [0.25, 0.3) is 0 Å². The highest BCUT2D eigenvalue weighted by molar-refractivity contribution is 5.25. The number of benzene rings is 2. The van der Waals surface area contributed by atoms with E-state index in [-0.39, 0.29) is 12.4 Å². The molecule has 0 radical (unpaired) electrons. The summed E-state index contributed by atoms with van der Waals surface area (Å²) in [7, 11) is 0. The molecule has 0 fully saturated rings. The fraction of sp³-hybridized carbons (Fsp3) is 0.304. The van der Waals surface area contributed by atoms with Crippen molar-refractivity contribution in [1.82, 2.24) is 4.90 Å². The summed E-state index contributed by atoms with van der Waals surface area (Å²) in [4.78, 5) is 2.15. The van der Waals surface area contributed by atoms with E-state index in [1.54, 1.807) is 18.4 Å². The van der Waals surface area contributed by atoms with Crippen molar-refractivity contribution in [1.29, 1.82) is 0 Å². The molecule has 5 heteroatoms. The van der Waals surface area contributed by atoms with Crippen LogP contribution in [0.5, 0.6) is 0 Å². The molecule has 1 atom stereocenters. The average Bonchev–Trinajstić information content (AvgIpc) is 3.19. The van der Waals surface area contributed by atoms with Crippen molar-refractivity contribution in [3.63, 3.8) is 0 Å². The molecule has 0 saturated heterocycles. The Bertz CT molecular complexity index is 833. The normalized spacial score (nSPS) is 12.4. The van der Waals surface area contributed by atoms with Crippen molar-refractivity contribution in [2.75, 3.05) is 13.2 Å². The lowest BCUT2D eigenvalue weighted by Crippen LogP contribution is -2.34. The molecule has 0 aliphatic carbocycles. The van der Waals surface area contributed by atoms with Gasteiger partial charge in [0.25, 0.3) is 0 Å². The maximum Gasteiger partial charge on any atom is 0.129 e. The van der Waals surface area contributed by atoms with Gasteiger partial charge in [-0.2, -0.15) is 0 Å². The zero-order valence-corrected chi connectivity index (χ0v) is 16.1. The molecular weight excluding hydrogens is 357 g/mol. The van der Waals surface area contributed by atoms with Crippen molar-refractivity contribution in [2.24, 2.45) is 0 Å². The molecule has 0 aliphatic rings. The smallest absolute Gasteiger partial charge is 0.129 e. The number of aryl methyl sites for hydroxylation is 1. The molecule has 0 bridgehead atoms.